The smallest absolute Gasteiger partial charge is 0.0731 e. The van der Waals surface area contributed by atoms with Crippen LogP contribution in [0, 0.1) is 6.92 Å². The Morgan fingerprint density at radius 1 is 1.33 bits per heavy atom. The molecule has 1 radical (unpaired) electrons. The molecule has 0 saturated carbocycles. The number of benzene rings is 1. The first kappa shape index (κ1) is 9.56. The second kappa shape index (κ2) is 5.18. The van der Waals surface area contributed by atoms with Crippen LogP contribution < -0.4 is 0 Å². The molecule has 0 aliphatic rings. The molecule has 0 amide bonds. The fourth-order valence-electron chi connectivity index (χ4n) is 0.900. The minimum Gasteiger partial charge on any atom is -0.377 e. The Labute approximate surface area is 78.3 Å². The Bertz CT molecular complexity index is 235. The third-order valence-electron chi connectivity index (χ3n) is 1.50. The topological polar surface area (TPSA) is 9.23 Å². The van der Waals surface area contributed by atoms with E-state index in [0.717, 1.165) is 17.0 Å². The van der Waals surface area contributed by atoms with Crippen molar-refractivity contribution in [2.24, 2.45) is 0 Å². The summed E-state index contributed by atoms with van der Waals surface area (Å²) in [4.78, 5) is 0. The maximum atomic E-state index is 5.91. The standard InChI is InChI=1S/C10H12ClO/c1-2-7-12-8-9-5-3-4-6-10(9)11/h3-6H,1-2,7-8H2. The van der Waals surface area contributed by atoms with E-state index in [2.05, 4.69) is 6.92 Å². The predicted molar refractivity (Wildman–Crippen MR) is 51.1 cm³/mol. The summed E-state index contributed by atoms with van der Waals surface area (Å²) in [5, 5.41) is 0.765. The third kappa shape index (κ3) is 2.84. The largest absolute Gasteiger partial charge is 0.377 e. The van der Waals surface area contributed by atoms with Gasteiger partial charge in [-0.25, -0.2) is 0 Å². The minimum absolute atomic E-state index is 0.579. The summed E-state index contributed by atoms with van der Waals surface area (Å²) in [5.41, 5.74) is 1.03. The van der Waals surface area contributed by atoms with Gasteiger partial charge in [0.15, 0.2) is 0 Å². The highest BCUT2D eigenvalue weighted by Gasteiger charge is 1.96. The van der Waals surface area contributed by atoms with Crippen LogP contribution in [0.3, 0.4) is 0 Å². The lowest BCUT2D eigenvalue weighted by Crippen LogP contribution is -1.94. The molecule has 0 aliphatic heterocycles. The van der Waals surface area contributed by atoms with Gasteiger partial charge < -0.3 is 4.74 Å². The zero-order valence-corrected chi connectivity index (χ0v) is 7.68. The summed E-state index contributed by atoms with van der Waals surface area (Å²) < 4.78 is 5.30. The van der Waals surface area contributed by atoms with Gasteiger partial charge in [-0.1, -0.05) is 36.7 Å². The van der Waals surface area contributed by atoms with E-state index in [-0.39, 0.29) is 0 Å². The van der Waals surface area contributed by atoms with Gasteiger partial charge in [0.25, 0.3) is 0 Å². The van der Waals surface area contributed by atoms with Crippen molar-refractivity contribution in [1.82, 2.24) is 0 Å². The van der Waals surface area contributed by atoms with Gasteiger partial charge >= 0.3 is 0 Å². The second-order valence-electron chi connectivity index (χ2n) is 2.50. The van der Waals surface area contributed by atoms with Gasteiger partial charge in [0.2, 0.25) is 0 Å². The SMILES string of the molecule is [CH2]CCOCc1ccccc1Cl. The first-order valence-corrected chi connectivity index (χ1v) is 4.33. The molecule has 2 heteroatoms. The van der Waals surface area contributed by atoms with Crippen LogP contribution in [0.5, 0.6) is 0 Å². The van der Waals surface area contributed by atoms with E-state index in [1.54, 1.807) is 0 Å². The average molecular weight is 184 g/mol. The molecule has 0 atom stereocenters. The summed E-state index contributed by atoms with van der Waals surface area (Å²) in [6.07, 6.45) is 0.796. The van der Waals surface area contributed by atoms with Gasteiger partial charge in [-0.15, -0.1) is 0 Å². The molecule has 0 N–H and O–H groups in total. The quantitative estimate of drug-likeness (QED) is 0.652. The van der Waals surface area contributed by atoms with Crippen LogP contribution in [0.1, 0.15) is 12.0 Å². The van der Waals surface area contributed by atoms with Crippen LogP contribution in [0.15, 0.2) is 24.3 Å². The number of ether oxygens (including phenoxy) is 1. The van der Waals surface area contributed by atoms with Gasteiger partial charge in [0.05, 0.1) is 6.61 Å². The molecule has 0 saturated heterocycles. The first-order chi connectivity index (χ1) is 5.84. The fraction of sp³-hybridized carbons (Fsp3) is 0.300. The molecule has 1 rings (SSSR count). The highest BCUT2D eigenvalue weighted by molar-refractivity contribution is 6.31. The zero-order chi connectivity index (χ0) is 8.81. The number of rotatable bonds is 4. The molecule has 0 heterocycles. The molecule has 1 nitrogen and oxygen atoms in total. The van der Waals surface area contributed by atoms with Crippen molar-refractivity contribution in [2.45, 2.75) is 13.0 Å². The van der Waals surface area contributed by atoms with Crippen molar-refractivity contribution in [3.8, 4) is 0 Å². The minimum atomic E-state index is 0.579. The molecule has 0 unspecified atom stereocenters. The van der Waals surface area contributed by atoms with Gasteiger partial charge in [0, 0.05) is 11.6 Å². The van der Waals surface area contributed by atoms with Crippen LogP contribution in [-0.4, -0.2) is 6.61 Å². The van der Waals surface area contributed by atoms with Crippen LogP contribution in [0.25, 0.3) is 0 Å². The average Bonchev–Trinajstić information content (AvgIpc) is 2.09. The number of halogens is 1. The van der Waals surface area contributed by atoms with Gasteiger partial charge in [-0.3, -0.25) is 0 Å². The maximum absolute atomic E-state index is 5.91. The summed E-state index contributed by atoms with van der Waals surface area (Å²) in [5.74, 6) is 0. The van der Waals surface area contributed by atoms with E-state index in [4.69, 9.17) is 16.3 Å². The van der Waals surface area contributed by atoms with Crippen molar-refractivity contribution < 1.29 is 4.74 Å². The van der Waals surface area contributed by atoms with E-state index >= 15 is 0 Å². The first-order valence-electron chi connectivity index (χ1n) is 3.95. The molecule has 0 fully saturated rings. The lowest BCUT2D eigenvalue weighted by atomic mass is 10.2. The Morgan fingerprint density at radius 3 is 2.75 bits per heavy atom. The fourth-order valence-corrected chi connectivity index (χ4v) is 1.09. The van der Waals surface area contributed by atoms with E-state index < -0.39 is 0 Å². The van der Waals surface area contributed by atoms with Crippen molar-refractivity contribution in [2.75, 3.05) is 6.61 Å². The van der Waals surface area contributed by atoms with Crippen LogP contribution in [0.2, 0.25) is 5.02 Å². The van der Waals surface area contributed by atoms with Crippen molar-refractivity contribution in [3.05, 3.63) is 41.8 Å². The summed E-state index contributed by atoms with van der Waals surface area (Å²) in [6, 6.07) is 7.69. The van der Waals surface area contributed by atoms with E-state index in [1.807, 2.05) is 24.3 Å². The van der Waals surface area contributed by atoms with E-state index in [9.17, 15) is 0 Å². The molecule has 65 valence electrons. The molecular weight excluding hydrogens is 172 g/mol. The molecular formula is C10H12ClO. The monoisotopic (exact) mass is 183 g/mol. The molecule has 1 aromatic carbocycles. The lowest BCUT2D eigenvalue weighted by molar-refractivity contribution is 0.125. The Hall–Kier alpha value is -0.530. The van der Waals surface area contributed by atoms with Crippen molar-refractivity contribution in [3.63, 3.8) is 0 Å². The lowest BCUT2D eigenvalue weighted by Gasteiger charge is -2.03. The van der Waals surface area contributed by atoms with Crippen LogP contribution in [-0.2, 0) is 11.3 Å². The van der Waals surface area contributed by atoms with Gasteiger partial charge in [-0.05, 0) is 18.1 Å². The van der Waals surface area contributed by atoms with Gasteiger partial charge in [0.1, 0.15) is 0 Å². The Morgan fingerprint density at radius 2 is 2.08 bits per heavy atom. The normalized spacial score (nSPS) is 10.2. The summed E-state index contributed by atoms with van der Waals surface area (Å²) in [7, 11) is 0. The molecule has 0 bridgehead atoms. The molecule has 0 spiro atoms. The Balaban J connectivity index is 2.46. The maximum Gasteiger partial charge on any atom is 0.0731 e. The van der Waals surface area contributed by atoms with Gasteiger partial charge in [-0.2, -0.15) is 0 Å². The predicted octanol–water partition coefficient (Wildman–Crippen LogP) is 3.08. The highest BCUT2D eigenvalue weighted by atomic mass is 35.5. The summed E-state index contributed by atoms with van der Waals surface area (Å²) in [6.45, 7) is 4.95. The zero-order valence-electron chi connectivity index (χ0n) is 6.92. The molecule has 0 aromatic heterocycles. The third-order valence-corrected chi connectivity index (χ3v) is 1.87. The molecule has 1 aromatic rings. The Kier molecular flexibility index (Phi) is 4.12. The van der Waals surface area contributed by atoms with E-state index in [0.29, 0.717) is 13.2 Å². The summed E-state index contributed by atoms with van der Waals surface area (Å²) >= 11 is 5.91. The number of hydrogen-bond donors (Lipinski definition) is 0. The van der Waals surface area contributed by atoms with Crippen LogP contribution >= 0.6 is 11.6 Å². The van der Waals surface area contributed by atoms with Crippen molar-refractivity contribution in [1.29, 1.82) is 0 Å². The highest BCUT2D eigenvalue weighted by Crippen LogP contribution is 2.15. The second-order valence-corrected chi connectivity index (χ2v) is 2.90. The van der Waals surface area contributed by atoms with Crippen LogP contribution in [0.4, 0.5) is 0 Å². The molecule has 12 heavy (non-hydrogen) atoms. The van der Waals surface area contributed by atoms with Crippen molar-refractivity contribution >= 4 is 11.6 Å². The molecule has 0 aliphatic carbocycles. The van der Waals surface area contributed by atoms with E-state index in [1.165, 1.54) is 0 Å². The number of hydrogen-bond acceptors (Lipinski definition) is 1.